The zero-order valence-corrected chi connectivity index (χ0v) is 12.9. The maximum atomic E-state index is 6.17. The molecule has 0 heterocycles. The third-order valence-electron chi connectivity index (χ3n) is 2.77. The first-order chi connectivity index (χ1) is 8.93. The second-order valence-electron chi connectivity index (χ2n) is 4.98. The summed E-state index contributed by atoms with van der Waals surface area (Å²) in [5.41, 5.74) is 0.931. The molecule has 0 aliphatic carbocycles. The Labute approximate surface area is 120 Å². The summed E-state index contributed by atoms with van der Waals surface area (Å²) in [5.74, 6) is 1.19. The SMILES string of the molecule is COCC(C)(C)NCc1cc(Cl)c(OC)c(OC)c1. The van der Waals surface area contributed by atoms with Crippen LogP contribution in [0.1, 0.15) is 19.4 Å². The molecule has 19 heavy (non-hydrogen) atoms. The largest absolute Gasteiger partial charge is 0.493 e. The average molecular weight is 288 g/mol. The van der Waals surface area contributed by atoms with Crippen molar-refractivity contribution in [3.8, 4) is 11.5 Å². The lowest BCUT2D eigenvalue weighted by Gasteiger charge is -2.25. The van der Waals surface area contributed by atoms with Crippen LogP contribution in [0.4, 0.5) is 0 Å². The molecule has 0 saturated heterocycles. The maximum Gasteiger partial charge on any atom is 0.179 e. The molecular weight excluding hydrogens is 266 g/mol. The Morgan fingerprint density at radius 1 is 1.16 bits per heavy atom. The molecule has 0 aromatic heterocycles. The predicted molar refractivity (Wildman–Crippen MR) is 77.4 cm³/mol. The van der Waals surface area contributed by atoms with Crippen LogP contribution in [-0.2, 0) is 11.3 Å². The van der Waals surface area contributed by atoms with E-state index >= 15 is 0 Å². The van der Waals surface area contributed by atoms with Crippen LogP contribution in [0, 0.1) is 0 Å². The molecule has 0 saturated carbocycles. The summed E-state index contributed by atoms with van der Waals surface area (Å²) in [6.45, 7) is 5.47. The molecule has 5 heteroatoms. The highest BCUT2D eigenvalue weighted by molar-refractivity contribution is 6.32. The molecule has 1 rings (SSSR count). The number of rotatable bonds is 7. The summed E-state index contributed by atoms with van der Waals surface area (Å²) in [5, 5.41) is 3.96. The molecule has 0 atom stereocenters. The molecule has 0 aliphatic heterocycles. The van der Waals surface area contributed by atoms with Crippen molar-refractivity contribution in [2.45, 2.75) is 25.9 Å². The Hall–Kier alpha value is -0.970. The van der Waals surface area contributed by atoms with Gasteiger partial charge in [-0.05, 0) is 31.5 Å². The van der Waals surface area contributed by atoms with Gasteiger partial charge in [-0.2, -0.15) is 0 Å². The van der Waals surface area contributed by atoms with E-state index in [1.54, 1.807) is 21.3 Å². The van der Waals surface area contributed by atoms with Crippen LogP contribution in [0.25, 0.3) is 0 Å². The average Bonchev–Trinajstić information content (AvgIpc) is 2.35. The van der Waals surface area contributed by atoms with E-state index in [1.807, 2.05) is 12.1 Å². The maximum absolute atomic E-state index is 6.17. The zero-order chi connectivity index (χ0) is 14.5. The molecule has 0 fully saturated rings. The second-order valence-corrected chi connectivity index (χ2v) is 5.39. The summed E-state index contributed by atoms with van der Waals surface area (Å²) in [7, 11) is 4.86. The number of hydrogen-bond acceptors (Lipinski definition) is 4. The number of methoxy groups -OCH3 is 3. The molecule has 0 amide bonds. The van der Waals surface area contributed by atoms with Gasteiger partial charge in [0.05, 0.1) is 25.8 Å². The molecule has 108 valence electrons. The van der Waals surface area contributed by atoms with Crippen LogP contribution >= 0.6 is 11.6 Å². The molecule has 1 aromatic carbocycles. The quantitative estimate of drug-likeness (QED) is 0.837. The van der Waals surface area contributed by atoms with Crippen molar-refractivity contribution in [1.29, 1.82) is 0 Å². The number of halogens is 1. The minimum Gasteiger partial charge on any atom is -0.493 e. The van der Waals surface area contributed by atoms with Gasteiger partial charge < -0.3 is 19.5 Å². The normalized spacial score (nSPS) is 11.5. The van der Waals surface area contributed by atoms with E-state index < -0.39 is 0 Å². The lowest BCUT2D eigenvalue weighted by atomic mass is 10.1. The van der Waals surface area contributed by atoms with Gasteiger partial charge in [0.25, 0.3) is 0 Å². The molecule has 0 radical (unpaired) electrons. The van der Waals surface area contributed by atoms with E-state index in [2.05, 4.69) is 19.2 Å². The summed E-state index contributed by atoms with van der Waals surface area (Å²) in [4.78, 5) is 0. The molecular formula is C14H22ClNO3. The van der Waals surface area contributed by atoms with Crippen molar-refractivity contribution in [1.82, 2.24) is 5.32 Å². The van der Waals surface area contributed by atoms with Crippen LogP contribution < -0.4 is 14.8 Å². The first-order valence-corrected chi connectivity index (χ1v) is 6.45. The standard InChI is InChI=1S/C14H22ClNO3/c1-14(2,9-17-3)16-8-10-6-11(15)13(19-5)12(7-10)18-4/h6-7,16H,8-9H2,1-5H3. The smallest absolute Gasteiger partial charge is 0.179 e. The van der Waals surface area contributed by atoms with Gasteiger partial charge in [0.2, 0.25) is 0 Å². The Bertz CT molecular complexity index is 421. The summed E-state index contributed by atoms with van der Waals surface area (Å²) < 4.78 is 15.7. The van der Waals surface area contributed by atoms with E-state index in [9.17, 15) is 0 Å². The number of ether oxygens (including phenoxy) is 3. The third kappa shape index (κ3) is 4.56. The fraction of sp³-hybridized carbons (Fsp3) is 0.571. The summed E-state index contributed by atoms with van der Waals surface area (Å²) in [6.07, 6.45) is 0. The van der Waals surface area contributed by atoms with Gasteiger partial charge in [0, 0.05) is 19.2 Å². The van der Waals surface area contributed by atoms with Gasteiger partial charge in [-0.25, -0.2) is 0 Å². The molecule has 1 N–H and O–H groups in total. The van der Waals surface area contributed by atoms with Crippen molar-refractivity contribution in [3.05, 3.63) is 22.7 Å². The van der Waals surface area contributed by atoms with Gasteiger partial charge in [0.1, 0.15) is 0 Å². The second kappa shape index (κ2) is 6.98. The molecule has 1 aromatic rings. The fourth-order valence-electron chi connectivity index (χ4n) is 1.83. The highest BCUT2D eigenvalue weighted by Crippen LogP contribution is 2.36. The number of benzene rings is 1. The Morgan fingerprint density at radius 3 is 2.37 bits per heavy atom. The van der Waals surface area contributed by atoms with Crippen LogP contribution in [0.5, 0.6) is 11.5 Å². The minimum absolute atomic E-state index is 0.103. The number of nitrogens with one attached hydrogen (secondary N) is 1. The van der Waals surface area contributed by atoms with Gasteiger partial charge in [0.15, 0.2) is 11.5 Å². The van der Waals surface area contributed by atoms with E-state index in [0.29, 0.717) is 29.7 Å². The lowest BCUT2D eigenvalue weighted by Crippen LogP contribution is -2.42. The van der Waals surface area contributed by atoms with E-state index in [1.165, 1.54) is 0 Å². The Morgan fingerprint density at radius 2 is 1.84 bits per heavy atom. The molecule has 4 nitrogen and oxygen atoms in total. The highest BCUT2D eigenvalue weighted by Gasteiger charge is 2.17. The summed E-state index contributed by atoms with van der Waals surface area (Å²) in [6, 6.07) is 3.79. The minimum atomic E-state index is -0.103. The van der Waals surface area contributed by atoms with E-state index in [-0.39, 0.29) is 5.54 Å². The molecule has 0 aliphatic rings. The zero-order valence-electron chi connectivity index (χ0n) is 12.2. The van der Waals surface area contributed by atoms with Crippen LogP contribution in [-0.4, -0.2) is 33.5 Å². The monoisotopic (exact) mass is 287 g/mol. The van der Waals surface area contributed by atoms with Crippen molar-refractivity contribution in [3.63, 3.8) is 0 Å². The first-order valence-electron chi connectivity index (χ1n) is 6.08. The Balaban J connectivity index is 2.83. The molecule has 0 unspecified atom stereocenters. The Kier molecular flexibility index (Phi) is 5.91. The van der Waals surface area contributed by atoms with E-state index in [0.717, 1.165) is 5.56 Å². The van der Waals surface area contributed by atoms with Crippen molar-refractivity contribution in [2.24, 2.45) is 0 Å². The van der Waals surface area contributed by atoms with Gasteiger partial charge in [-0.15, -0.1) is 0 Å². The number of hydrogen-bond donors (Lipinski definition) is 1. The highest BCUT2D eigenvalue weighted by atomic mass is 35.5. The van der Waals surface area contributed by atoms with Gasteiger partial charge >= 0.3 is 0 Å². The molecule has 0 bridgehead atoms. The fourth-order valence-corrected chi connectivity index (χ4v) is 2.14. The molecule has 0 spiro atoms. The van der Waals surface area contributed by atoms with Crippen molar-refractivity contribution < 1.29 is 14.2 Å². The van der Waals surface area contributed by atoms with Crippen LogP contribution in [0.15, 0.2) is 12.1 Å². The predicted octanol–water partition coefficient (Wildman–Crippen LogP) is 2.87. The lowest BCUT2D eigenvalue weighted by molar-refractivity contribution is 0.127. The third-order valence-corrected chi connectivity index (χ3v) is 3.05. The van der Waals surface area contributed by atoms with Gasteiger partial charge in [-0.3, -0.25) is 0 Å². The van der Waals surface area contributed by atoms with Crippen molar-refractivity contribution in [2.75, 3.05) is 27.9 Å². The van der Waals surface area contributed by atoms with Crippen LogP contribution in [0.3, 0.4) is 0 Å². The summed E-state index contributed by atoms with van der Waals surface area (Å²) >= 11 is 6.17. The van der Waals surface area contributed by atoms with E-state index in [4.69, 9.17) is 25.8 Å². The topological polar surface area (TPSA) is 39.7 Å². The van der Waals surface area contributed by atoms with Crippen LogP contribution in [0.2, 0.25) is 5.02 Å². The van der Waals surface area contributed by atoms with Gasteiger partial charge in [-0.1, -0.05) is 11.6 Å². The first kappa shape index (κ1) is 16.1. The van der Waals surface area contributed by atoms with Crippen molar-refractivity contribution >= 4 is 11.6 Å².